The van der Waals surface area contributed by atoms with Crippen LogP contribution in [0.3, 0.4) is 0 Å². The Balaban J connectivity index is 2.04. The summed E-state index contributed by atoms with van der Waals surface area (Å²) in [7, 11) is 1.99. The highest BCUT2D eigenvalue weighted by molar-refractivity contribution is 5.94. The Bertz CT molecular complexity index is 329. The molecular formula is C12H19N3O. The fourth-order valence-corrected chi connectivity index (χ4v) is 2.37. The van der Waals surface area contributed by atoms with E-state index in [-0.39, 0.29) is 12.1 Å². The first kappa shape index (κ1) is 11.2. The van der Waals surface area contributed by atoms with E-state index in [4.69, 9.17) is 5.73 Å². The molecule has 2 heterocycles. The smallest absolute Gasteiger partial charge is 0.250 e. The van der Waals surface area contributed by atoms with E-state index in [9.17, 15) is 4.79 Å². The number of hydrogen-bond acceptors (Lipinski definition) is 3. The Labute approximate surface area is 96.4 Å². The minimum absolute atomic E-state index is 0.281. The summed E-state index contributed by atoms with van der Waals surface area (Å²) in [5, 5.41) is 0. The molecule has 88 valence electrons. The van der Waals surface area contributed by atoms with Gasteiger partial charge in [0.05, 0.1) is 5.57 Å². The molecule has 2 aliphatic rings. The van der Waals surface area contributed by atoms with Crippen molar-refractivity contribution in [2.45, 2.75) is 25.4 Å². The quantitative estimate of drug-likeness (QED) is 0.745. The van der Waals surface area contributed by atoms with Gasteiger partial charge in [-0.1, -0.05) is 6.42 Å². The average molecular weight is 221 g/mol. The van der Waals surface area contributed by atoms with E-state index < -0.39 is 0 Å². The molecule has 2 N–H and O–H groups in total. The Morgan fingerprint density at radius 3 is 2.62 bits per heavy atom. The van der Waals surface area contributed by atoms with Gasteiger partial charge in [-0.25, -0.2) is 0 Å². The standard InChI is InChI=1S/C12H19N3O/c1-14-9-10(12(13)16)5-6-11(14)15-7-3-2-4-8-15/h5-6,9,11H,2-4,7-8H2,1H3,(H2,13,16). The summed E-state index contributed by atoms with van der Waals surface area (Å²) in [4.78, 5) is 15.5. The second-order valence-electron chi connectivity index (χ2n) is 4.48. The predicted octanol–water partition coefficient (Wildman–Crippen LogP) is 0.669. The van der Waals surface area contributed by atoms with E-state index in [1.165, 1.54) is 19.3 Å². The van der Waals surface area contributed by atoms with Crippen LogP contribution < -0.4 is 5.73 Å². The van der Waals surface area contributed by atoms with Gasteiger partial charge in [0.15, 0.2) is 0 Å². The summed E-state index contributed by atoms with van der Waals surface area (Å²) in [5.41, 5.74) is 5.83. The molecule has 0 aromatic carbocycles. The van der Waals surface area contributed by atoms with Crippen molar-refractivity contribution in [2.75, 3.05) is 20.1 Å². The molecule has 2 aliphatic heterocycles. The van der Waals surface area contributed by atoms with E-state index >= 15 is 0 Å². The van der Waals surface area contributed by atoms with Gasteiger partial charge in [0, 0.05) is 26.3 Å². The van der Waals surface area contributed by atoms with Crippen molar-refractivity contribution < 1.29 is 4.79 Å². The van der Waals surface area contributed by atoms with Crippen LogP contribution in [-0.4, -0.2) is 42.0 Å². The third-order valence-electron chi connectivity index (χ3n) is 3.26. The lowest BCUT2D eigenvalue weighted by atomic mass is 10.1. The van der Waals surface area contributed by atoms with E-state index in [0.717, 1.165) is 13.1 Å². The van der Waals surface area contributed by atoms with Crippen molar-refractivity contribution in [1.29, 1.82) is 0 Å². The van der Waals surface area contributed by atoms with Crippen LogP contribution in [0.4, 0.5) is 0 Å². The molecule has 1 fully saturated rings. The number of likely N-dealkylation sites (N-methyl/N-ethyl adjacent to an activating group) is 1. The molecule has 16 heavy (non-hydrogen) atoms. The fraction of sp³-hybridized carbons (Fsp3) is 0.583. The van der Waals surface area contributed by atoms with Crippen LogP contribution >= 0.6 is 0 Å². The van der Waals surface area contributed by atoms with Crippen LogP contribution in [-0.2, 0) is 4.79 Å². The molecule has 0 bridgehead atoms. The molecule has 0 aromatic heterocycles. The van der Waals surface area contributed by atoms with E-state index in [1.54, 1.807) is 0 Å². The Morgan fingerprint density at radius 2 is 2.06 bits per heavy atom. The van der Waals surface area contributed by atoms with E-state index in [2.05, 4.69) is 15.9 Å². The molecule has 4 heteroatoms. The first-order chi connectivity index (χ1) is 7.68. The third-order valence-corrected chi connectivity index (χ3v) is 3.26. The highest BCUT2D eigenvalue weighted by atomic mass is 16.1. The number of hydrogen-bond donors (Lipinski definition) is 1. The van der Waals surface area contributed by atoms with Gasteiger partial charge in [-0.05, 0) is 25.0 Å². The van der Waals surface area contributed by atoms with E-state index in [0.29, 0.717) is 5.57 Å². The largest absolute Gasteiger partial charge is 0.366 e. The number of amides is 1. The molecule has 0 aromatic rings. The van der Waals surface area contributed by atoms with Gasteiger partial charge < -0.3 is 10.6 Å². The summed E-state index contributed by atoms with van der Waals surface area (Å²) >= 11 is 0. The van der Waals surface area contributed by atoms with Crippen LogP contribution in [0, 0.1) is 0 Å². The lowest BCUT2D eigenvalue weighted by Gasteiger charge is -2.39. The number of likely N-dealkylation sites (tertiary alicyclic amines) is 1. The minimum Gasteiger partial charge on any atom is -0.366 e. The summed E-state index contributed by atoms with van der Waals surface area (Å²) < 4.78 is 0. The lowest BCUT2D eigenvalue weighted by molar-refractivity contribution is -0.114. The molecule has 0 aliphatic carbocycles. The molecule has 0 saturated carbocycles. The normalized spacial score (nSPS) is 26.7. The molecule has 2 rings (SSSR count). The third kappa shape index (κ3) is 2.27. The highest BCUT2D eigenvalue weighted by Crippen LogP contribution is 2.19. The molecule has 0 radical (unpaired) electrons. The average Bonchev–Trinajstić information content (AvgIpc) is 2.30. The number of rotatable bonds is 2. The topological polar surface area (TPSA) is 49.6 Å². The number of primary amides is 1. The number of nitrogens with two attached hydrogens (primary N) is 1. The van der Waals surface area contributed by atoms with Crippen molar-refractivity contribution >= 4 is 5.91 Å². The van der Waals surface area contributed by atoms with Crippen LogP contribution in [0.5, 0.6) is 0 Å². The highest BCUT2D eigenvalue weighted by Gasteiger charge is 2.23. The molecular weight excluding hydrogens is 202 g/mol. The van der Waals surface area contributed by atoms with Gasteiger partial charge in [0.1, 0.15) is 6.17 Å². The second-order valence-corrected chi connectivity index (χ2v) is 4.48. The van der Waals surface area contributed by atoms with Crippen LogP contribution in [0.2, 0.25) is 0 Å². The van der Waals surface area contributed by atoms with Gasteiger partial charge in [-0.15, -0.1) is 0 Å². The van der Waals surface area contributed by atoms with Crippen LogP contribution in [0.15, 0.2) is 23.9 Å². The van der Waals surface area contributed by atoms with Crippen molar-refractivity contribution in [2.24, 2.45) is 5.73 Å². The van der Waals surface area contributed by atoms with Crippen molar-refractivity contribution in [3.63, 3.8) is 0 Å². The molecule has 0 spiro atoms. The fourth-order valence-electron chi connectivity index (χ4n) is 2.37. The first-order valence-corrected chi connectivity index (χ1v) is 5.84. The zero-order chi connectivity index (χ0) is 11.5. The van der Waals surface area contributed by atoms with Gasteiger partial charge in [0.25, 0.3) is 0 Å². The molecule has 1 atom stereocenters. The zero-order valence-corrected chi connectivity index (χ0v) is 9.72. The minimum atomic E-state index is -0.361. The Kier molecular flexibility index (Phi) is 3.29. The van der Waals surface area contributed by atoms with Crippen molar-refractivity contribution in [3.8, 4) is 0 Å². The number of carbonyl (C=O) groups excluding carboxylic acids is 1. The molecule has 4 nitrogen and oxygen atoms in total. The monoisotopic (exact) mass is 221 g/mol. The van der Waals surface area contributed by atoms with Crippen LogP contribution in [0.25, 0.3) is 0 Å². The maximum absolute atomic E-state index is 11.0. The summed E-state index contributed by atoms with van der Waals surface area (Å²) in [6.45, 7) is 2.28. The van der Waals surface area contributed by atoms with Crippen molar-refractivity contribution in [3.05, 3.63) is 23.9 Å². The molecule has 1 saturated heterocycles. The van der Waals surface area contributed by atoms with Crippen molar-refractivity contribution in [1.82, 2.24) is 9.80 Å². The second kappa shape index (κ2) is 4.70. The number of nitrogens with zero attached hydrogens (tertiary/aromatic N) is 2. The maximum Gasteiger partial charge on any atom is 0.250 e. The number of carbonyl (C=O) groups is 1. The predicted molar refractivity (Wildman–Crippen MR) is 63.4 cm³/mol. The van der Waals surface area contributed by atoms with Gasteiger partial charge in [0.2, 0.25) is 5.91 Å². The van der Waals surface area contributed by atoms with Gasteiger partial charge in [-0.3, -0.25) is 9.69 Å². The summed E-state index contributed by atoms with van der Waals surface area (Å²) in [6, 6.07) is 0. The van der Waals surface area contributed by atoms with Crippen LogP contribution in [0.1, 0.15) is 19.3 Å². The lowest BCUT2D eigenvalue weighted by Crippen LogP contribution is -2.47. The Morgan fingerprint density at radius 1 is 1.38 bits per heavy atom. The van der Waals surface area contributed by atoms with E-state index in [1.807, 2.05) is 19.3 Å². The van der Waals surface area contributed by atoms with Gasteiger partial charge in [-0.2, -0.15) is 0 Å². The zero-order valence-electron chi connectivity index (χ0n) is 9.72. The number of piperidine rings is 1. The Hall–Kier alpha value is -1.29. The van der Waals surface area contributed by atoms with Gasteiger partial charge >= 0.3 is 0 Å². The molecule has 1 amide bonds. The summed E-state index contributed by atoms with van der Waals surface area (Å²) in [5.74, 6) is -0.361. The molecule has 1 unspecified atom stereocenters. The SMILES string of the molecule is CN1C=C(C(N)=O)C=CC1N1CCCCC1. The maximum atomic E-state index is 11.0. The summed E-state index contributed by atoms with van der Waals surface area (Å²) in [6.07, 6.45) is 9.88. The first-order valence-electron chi connectivity index (χ1n) is 5.84.